The molecule has 24 heavy (non-hydrogen) atoms. The second-order valence-electron chi connectivity index (χ2n) is 6.10. The lowest BCUT2D eigenvalue weighted by molar-refractivity contribution is 0.0486. The van der Waals surface area contributed by atoms with Gasteiger partial charge in [0.2, 0.25) is 0 Å². The Labute approximate surface area is 157 Å². The van der Waals surface area contributed by atoms with Crippen molar-refractivity contribution in [3.63, 3.8) is 0 Å². The van der Waals surface area contributed by atoms with Crippen LogP contribution in [0.25, 0.3) is 0 Å². The predicted molar refractivity (Wildman–Crippen MR) is 99.2 cm³/mol. The Morgan fingerprint density at radius 2 is 2.12 bits per heavy atom. The monoisotopic (exact) mass is 455 g/mol. The second-order valence-corrected chi connectivity index (χ2v) is 7.81. The summed E-state index contributed by atoms with van der Waals surface area (Å²) < 4.78 is 7.30. The first-order valence-corrected chi connectivity index (χ1v) is 9.43. The maximum absolute atomic E-state index is 12.5. The van der Waals surface area contributed by atoms with Crippen LogP contribution in [-0.2, 0) is 10.2 Å². The van der Waals surface area contributed by atoms with E-state index in [1.54, 1.807) is 0 Å². The van der Waals surface area contributed by atoms with Crippen molar-refractivity contribution >= 4 is 37.8 Å². The Hall–Kier alpha value is -1.18. The third-order valence-electron chi connectivity index (χ3n) is 4.56. The van der Waals surface area contributed by atoms with Crippen molar-refractivity contribution in [2.75, 3.05) is 19.8 Å². The summed E-state index contributed by atoms with van der Waals surface area (Å²) in [6.07, 6.45) is 1.76. The zero-order valence-corrected chi connectivity index (χ0v) is 16.5. The predicted octanol–water partition coefficient (Wildman–Crippen LogP) is 3.72. The van der Waals surface area contributed by atoms with Crippen LogP contribution < -0.4 is 5.32 Å². The fourth-order valence-corrected chi connectivity index (χ4v) is 3.80. The Kier molecular flexibility index (Phi) is 5.42. The molecule has 5 nitrogen and oxygen atoms in total. The van der Waals surface area contributed by atoms with Gasteiger partial charge in [-0.25, -0.2) is 0 Å². The Morgan fingerprint density at radius 3 is 2.75 bits per heavy atom. The summed E-state index contributed by atoms with van der Waals surface area (Å²) in [5.41, 5.74) is 2.34. The SMILES string of the molecule is Cc1[nH]nc(C(=O)NCC2(c3cccc(Br)c3)CCOCC2)c1Br. The van der Waals surface area contributed by atoms with Crippen molar-refractivity contribution in [1.29, 1.82) is 0 Å². The number of ether oxygens (including phenoxy) is 1. The van der Waals surface area contributed by atoms with E-state index in [4.69, 9.17) is 4.74 Å². The number of aromatic amines is 1. The van der Waals surface area contributed by atoms with Crippen molar-refractivity contribution in [3.8, 4) is 0 Å². The number of carbonyl (C=O) groups excluding carboxylic acids is 1. The lowest BCUT2D eigenvalue weighted by Crippen LogP contribution is -2.44. The summed E-state index contributed by atoms with van der Waals surface area (Å²) in [5.74, 6) is -0.174. The smallest absolute Gasteiger partial charge is 0.272 e. The van der Waals surface area contributed by atoms with E-state index in [-0.39, 0.29) is 11.3 Å². The molecule has 0 unspecified atom stereocenters. The van der Waals surface area contributed by atoms with Crippen LogP contribution in [0.1, 0.15) is 34.6 Å². The van der Waals surface area contributed by atoms with Crippen LogP contribution in [0.4, 0.5) is 0 Å². The summed E-state index contributed by atoms with van der Waals surface area (Å²) in [4.78, 5) is 12.5. The van der Waals surface area contributed by atoms with Crippen molar-refractivity contribution in [3.05, 3.63) is 50.2 Å². The van der Waals surface area contributed by atoms with Gasteiger partial charge in [0, 0.05) is 35.3 Å². The maximum atomic E-state index is 12.5. The first-order valence-electron chi connectivity index (χ1n) is 7.84. The fraction of sp³-hybridized carbons (Fsp3) is 0.412. The quantitative estimate of drug-likeness (QED) is 0.736. The molecule has 1 saturated heterocycles. The normalized spacial score (nSPS) is 16.8. The van der Waals surface area contributed by atoms with Gasteiger partial charge < -0.3 is 10.1 Å². The number of aromatic nitrogens is 2. The maximum Gasteiger partial charge on any atom is 0.272 e. The van der Waals surface area contributed by atoms with Gasteiger partial charge in [-0.05, 0) is 53.4 Å². The van der Waals surface area contributed by atoms with E-state index in [1.807, 2.05) is 19.1 Å². The van der Waals surface area contributed by atoms with Crippen LogP contribution in [-0.4, -0.2) is 35.9 Å². The zero-order chi connectivity index (χ0) is 17.2. The van der Waals surface area contributed by atoms with Crippen LogP contribution in [0, 0.1) is 6.92 Å². The molecule has 1 aliphatic rings. The van der Waals surface area contributed by atoms with Crippen LogP contribution in [0.5, 0.6) is 0 Å². The van der Waals surface area contributed by atoms with Gasteiger partial charge in [0.15, 0.2) is 5.69 Å². The highest BCUT2D eigenvalue weighted by Gasteiger charge is 2.35. The molecule has 128 valence electrons. The summed E-state index contributed by atoms with van der Waals surface area (Å²) in [6, 6.07) is 8.30. The summed E-state index contributed by atoms with van der Waals surface area (Å²) in [5, 5.41) is 9.95. The fourth-order valence-electron chi connectivity index (χ4n) is 3.05. The average Bonchev–Trinajstić information content (AvgIpc) is 2.93. The number of nitrogens with zero attached hydrogens (tertiary/aromatic N) is 1. The Balaban J connectivity index is 1.80. The number of amides is 1. The Bertz CT molecular complexity index is 739. The third-order valence-corrected chi connectivity index (χ3v) is 6.03. The van der Waals surface area contributed by atoms with E-state index < -0.39 is 0 Å². The molecule has 0 bridgehead atoms. The van der Waals surface area contributed by atoms with Crippen molar-refractivity contribution in [2.45, 2.75) is 25.2 Å². The number of rotatable bonds is 4. The number of halogens is 2. The standard InChI is InChI=1S/C17H19Br2N3O2/c1-11-14(19)15(22-21-11)16(23)20-10-17(5-7-24-8-6-17)12-3-2-4-13(18)9-12/h2-4,9H,5-8,10H2,1H3,(H,20,23)(H,21,22). The van der Waals surface area contributed by atoms with Gasteiger partial charge in [0.1, 0.15) is 0 Å². The highest BCUT2D eigenvalue weighted by Crippen LogP contribution is 2.35. The van der Waals surface area contributed by atoms with Gasteiger partial charge in [-0.3, -0.25) is 9.89 Å². The van der Waals surface area contributed by atoms with Gasteiger partial charge in [-0.1, -0.05) is 28.1 Å². The summed E-state index contributed by atoms with van der Waals surface area (Å²) in [6.45, 7) is 3.83. The third kappa shape index (κ3) is 3.58. The van der Waals surface area contributed by atoms with Gasteiger partial charge in [-0.15, -0.1) is 0 Å². The topological polar surface area (TPSA) is 67.0 Å². The summed E-state index contributed by atoms with van der Waals surface area (Å²) >= 11 is 6.95. The number of H-pyrrole nitrogens is 1. The van der Waals surface area contributed by atoms with E-state index in [1.165, 1.54) is 5.56 Å². The van der Waals surface area contributed by atoms with E-state index in [0.717, 1.165) is 23.0 Å². The molecule has 3 rings (SSSR count). The molecule has 2 aromatic rings. The largest absolute Gasteiger partial charge is 0.381 e. The molecule has 0 atom stereocenters. The second kappa shape index (κ2) is 7.37. The van der Waals surface area contributed by atoms with E-state index >= 15 is 0 Å². The van der Waals surface area contributed by atoms with Crippen LogP contribution in [0.15, 0.2) is 33.2 Å². The van der Waals surface area contributed by atoms with Crippen LogP contribution in [0.2, 0.25) is 0 Å². The first-order chi connectivity index (χ1) is 11.5. The number of benzene rings is 1. The molecule has 1 aromatic heterocycles. The lowest BCUT2D eigenvalue weighted by Gasteiger charge is -2.38. The highest BCUT2D eigenvalue weighted by atomic mass is 79.9. The van der Waals surface area contributed by atoms with Gasteiger partial charge in [0.05, 0.1) is 4.47 Å². The molecule has 2 N–H and O–H groups in total. The minimum atomic E-state index is -0.174. The molecule has 1 fully saturated rings. The molecule has 0 saturated carbocycles. The molecule has 1 amide bonds. The first kappa shape index (κ1) is 17.6. The minimum absolute atomic E-state index is 0.116. The van der Waals surface area contributed by atoms with E-state index in [0.29, 0.717) is 29.9 Å². The molecule has 0 radical (unpaired) electrons. The van der Waals surface area contributed by atoms with E-state index in [9.17, 15) is 4.79 Å². The molecule has 0 aliphatic carbocycles. The minimum Gasteiger partial charge on any atom is -0.381 e. The molecule has 7 heteroatoms. The number of hydrogen-bond donors (Lipinski definition) is 2. The zero-order valence-electron chi connectivity index (χ0n) is 13.4. The number of hydrogen-bond acceptors (Lipinski definition) is 3. The van der Waals surface area contributed by atoms with Crippen molar-refractivity contribution in [2.24, 2.45) is 0 Å². The van der Waals surface area contributed by atoms with Crippen LogP contribution >= 0.6 is 31.9 Å². The molecule has 2 heterocycles. The number of aryl methyl sites for hydroxylation is 1. The van der Waals surface area contributed by atoms with E-state index in [2.05, 4.69) is 59.5 Å². The molecule has 1 aliphatic heterocycles. The Morgan fingerprint density at radius 1 is 1.38 bits per heavy atom. The van der Waals surface area contributed by atoms with Gasteiger partial charge in [-0.2, -0.15) is 5.10 Å². The van der Waals surface area contributed by atoms with Gasteiger partial charge in [0.25, 0.3) is 5.91 Å². The number of nitrogens with one attached hydrogen (secondary N) is 2. The van der Waals surface area contributed by atoms with Crippen molar-refractivity contribution < 1.29 is 9.53 Å². The highest BCUT2D eigenvalue weighted by molar-refractivity contribution is 9.10. The molecule has 1 aromatic carbocycles. The molecular weight excluding hydrogens is 438 g/mol. The molecular formula is C17H19Br2N3O2. The summed E-state index contributed by atoms with van der Waals surface area (Å²) in [7, 11) is 0. The number of carbonyl (C=O) groups is 1. The molecule has 0 spiro atoms. The van der Waals surface area contributed by atoms with Gasteiger partial charge >= 0.3 is 0 Å². The lowest BCUT2D eigenvalue weighted by atomic mass is 9.74. The average molecular weight is 457 g/mol. The van der Waals surface area contributed by atoms with Crippen LogP contribution in [0.3, 0.4) is 0 Å². The van der Waals surface area contributed by atoms with Crippen molar-refractivity contribution in [1.82, 2.24) is 15.5 Å².